The monoisotopic (exact) mass is 314 g/mol. The fourth-order valence-electron chi connectivity index (χ4n) is 2.00. The molecule has 4 nitrogen and oxygen atoms in total. The third-order valence-corrected chi connectivity index (χ3v) is 4.75. The van der Waals surface area contributed by atoms with Crippen molar-refractivity contribution >= 4 is 46.4 Å². The third-order valence-electron chi connectivity index (χ3n) is 3.65. The second-order valence-electron chi connectivity index (χ2n) is 5.33. The van der Waals surface area contributed by atoms with Gasteiger partial charge in [-0.25, -0.2) is 0 Å². The first kappa shape index (κ1) is 15.1. The number of carbonyl (C=O) groups is 2. The van der Waals surface area contributed by atoms with Crippen molar-refractivity contribution in [3.05, 3.63) is 23.8 Å². The molecule has 1 aliphatic rings. The Kier molecular flexibility index (Phi) is 3.73. The fraction of sp³-hybridized carbons (Fsp3) is 0.429. The molecule has 2 rings (SSSR count). The number of hydrogen-bond acceptors (Lipinski definition) is 2. The minimum absolute atomic E-state index is 0.161. The number of alkyl halides is 2. The van der Waals surface area contributed by atoms with Gasteiger partial charge < -0.3 is 10.6 Å². The second kappa shape index (κ2) is 4.93. The molecule has 0 aromatic heterocycles. The average Bonchev–Trinajstić information content (AvgIpc) is 2.84. The van der Waals surface area contributed by atoms with Crippen molar-refractivity contribution in [2.45, 2.75) is 31.5 Å². The van der Waals surface area contributed by atoms with Crippen LogP contribution < -0.4 is 10.6 Å². The van der Waals surface area contributed by atoms with Crippen LogP contribution in [0.1, 0.15) is 25.8 Å². The first-order chi connectivity index (χ1) is 9.17. The Labute approximate surface area is 127 Å². The Bertz CT molecular complexity index is 587. The highest BCUT2D eigenvalue weighted by Gasteiger charge is 2.67. The van der Waals surface area contributed by atoms with E-state index in [-0.39, 0.29) is 11.8 Å². The standard InChI is InChI=1S/C14H16Cl2N2O2/c1-8-10(17-9(2)19)5-4-6-11(8)18-12(20)13(3)7-14(13,15)16/h4-6H,7H2,1-3H3,(H,17,19)(H,18,20). The molecular weight excluding hydrogens is 299 g/mol. The SMILES string of the molecule is CC(=O)Nc1cccc(NC(=O)C2(C)CC2(Cl)Cl)c1C. The quantitative estimate of drug-likeness (QED) is 0.839. The van der Waals surface area contributed by atoms with Gasteiger partial charge in [0.25, 0.3) is 0 Å². The van der Waals surface area contributed by atoms with Crippen molar-refractivity contribution in [2.24, 2.45) is 5.41 Å². The topological polar surface area (TPSA) is 58.2 Å². The van der Waals surface area contributed by atoms with Gasteiger partial charge in [-0.15, -0.1) is 23.2 Å². The molecule has 1 saturated carbocycles. The van der Waals surface area contributed by atoms with Crippen molar-refractivity contribution in [1.82, 2.24) is 0 Å². The lowest BCUT2D eigenvalue weighted by atomic mass is 10.1. The highest BCUT2D eigenvalue weighted by molar-refractivity contribution is 6.53. The summed E-state index contributed by atoms with van der Waals surface area (Å²) in [6.45, 7) is 4.99. The van der Waals surface area contributed by atoms with E-state index in [9.17, 15) is 9.59 Å². The highest BCUT2D eigenvalue weighted by atomic mass is 35.5. The minimum Gasteiger partial charge on any atom is -0.326 e. The van der Waals surface area contributed by atoms with Gasteiger partial charge in [0, 0.05) is 18.3 Å². The lowest BCUT2D eigenvalue weighted by Gasteiger charge is -2.16. The van der Waals surface area contributed by atoms with Gasteiger partial charge >= 0.3 is 0 Å². The summed E-state index contributed by atoms with van der Waals surface area (Å²) in [6.07, 6.45) is 0.430. The van der Waals surface area contributed by atoms with Gasteiger partial charge in [0.1, 0.15) is 4.33 Å². The lowest BCUT2D eigenvalue weighted by Crippen LogP contribution is -2.26. The molecule has 1 fully saturated rings. The van der Waals surface area contributed by atoms with Gasteiger partial charge in [0.15, 0.2) is 0 Å². The van der Waals surface area contributed by atoms with E-state index in [2.05, 4.69) is 10.6 Å². The maximum Gasteiger partial charge on any atom is 0.233 e. The number of halogens is 2. The smallest absolute Gasteiger partial charge is 0.233 e. The molecule has 1 atom stereocenters. The van der Waals surface area contributed by atoms with E-state index in [1.54, 1.807) is 25.1 Å². The zero-order valence-electron chi connectivity index (χ0n) is 11.5. The van der Waals surface area contributed by atoms with Gasteiger partial charge in [0.05, 0.1) is 5.41 Å². The predicted octanol–water partition coefficient (Wildman–Crippen LogP) is 3.48. The van der Waals surface area contributed by atoms with Crippen molar-refractivity contribution in [3.63, 3.8) is 0 Å². The van der Waals surface area contributed by atoms with Gasteiger partial charge in [-0.1, -0.05) is 6.07 Å². The molecule has 2 amide bonds. The number of rotatable bonds is 3. The summed E-state index contributed by atoms with van der Waals surface area (Å²) < 4.78 is -1.000. The number of amides is 2. The molecule has 0 radical (unpaired) electrons. The Hall–Kier alpha value is -1.26. The van der Waals surface area contributed by atoms with Gasteiger partial charge in [0.2, 0.25) is 11.8 Å². The van der Waals surface area contributed by atoms with Crippen LogP contribution in [-0.4, -0.2) is 16.1 Å². The predicted molar refractivity (Wildman–Crippen MR) is 81.3 cm³/mol. The number of hydrogen-bond donors (Lipinski definition) is 2. The molecule has 0 heterocycles. The molecule has 0 saturated heterocycles. The Balaban J connectivity index is 2.19. The summed E-state index contributed by atoms with van der Waals surface area (Å²) >= 11 is 12.0. The molecule has 2 N–H and O–H groups in total. The largest absolute Gasteiger partial charge is 0.326 e. The van der Waals surface area contributed by atoms with Crippen molar-refractivity contribution in [1.29, 1.82) is 0 Å². The molecule has 6 heteroatoms. The van der Waals surface area contributed by atoms with E-state index in [1.165, 1.54) is 6.92 Å². The zero-order chi connectivity index (χ0) is 15.1. The summed E-state index contributed by atoms with van der Waals surface area (Å²) in [5.74, 6) is -0.378. The number of benzene rings is 1. The Morgan fingerprint density at radius 3 is 2.15 bits per heavy atom. The molecule has 0 aliphatic heterocycles. The molecule has 0 spiro atoms. The van der Waals surface area contributed by atoms with Crippen LogP contribution in [0.2, 0.25) is 0 Å². The van der Waals surface area contributed by atoms with E-state index in [4.69, 9.17) is 23.2 Å². The van der Waals surface area contributed by atoms with Crippen LogP contribution in [0.5, 0.6) is 0 Å². The van der Waals surface area contributed by atoms with Crippen LogP contribution in [0.25, 0.3) is 0 Å². The summed E-state index contributed by atoms with van der Waals surface area (Å²) in [5, 5.41) is 5.54. The van der Waals surface area contributed by atoms with Crippen LogP contribution >= 0.6 is 23.2 Å². The average molecular weight is 315 g/mol. The van der Waals surface area contributed by atoms with E-state index in [0.29, 0.717) is 17.8 Å². The Morgan fingerprint density at radius 1 is 1.20 bits per heavy atom. The van der Waals surface area contributed by atoms with E-state index in [0.717, 1.165) is 5.56 Å². The van der Waals surface area contributed by atoms with Crippen LogP contribution in [0.4, 0.5) is 11.4 Å². The van der Waals surface area contributed by atoms with Crippen molar-refractivity contribution < 1.29 is 9.59 Å². The number of carbonyl (C=O) groups excluding carboxylic acids is 2. The van der Waals surface area contributed by atoms with Gasteiger partial charge in [-0.05, 0) is 38.0 Å². The first-order valence-electron chi connectivity index (χ1n) is 6.24. The fourth-order valence-corrected chi connectivity index (χ4v) is 2.71. The Morgan fingerprint density at radius 2 is 1.70 bits per heavy atom. The molecule has 1 aromatic rings. The summed E-state index contributed by atoms with van der Waals surface area (Å²) in [5.41, 5.74) is 1.32. The van der Waals surface area contributed by atoms with Crippen LogP contribution in [0.15, 0.2) is 18.2 Å². The highest BCUT2D eigenvalue weighted by Crippen LogP contribution is 2.64. The molecule has 108 valence electrons. The normalized spacial score (nSPS) is 23.1. The van der Waals surface area contributed by atoms with Crippen LogP contribution in [-0.2, 0) is 9.59 Å². The number of nitrogens with one attached hydrogen (secondary N) is 2. The maximum absolute atomic E-state index is 12.2. The van der Waals surface area contributed by atoms with Crippen LogP contribution in [0, 0.1) is 12.3 Å². The molecule has 1 aromatic carbocycles. The molecule has 1 aliphatic carbocycles. The first-order valence-corrected chi connectivity index (χ1v) is 6.99. The maximum atomic E-state index is 12.2. The summed E-state index contributed by atoms with van der Waals surface area (Å²) in [7, 11) is 0. The van der Waals surface area contributed by atoms with Gasteiger partial charge in [-0.3, -0.25) is 9.59 Å². The van der Waals surface area contributed by atoms with E-state index >= 15 is 0 Å². The zero-order valence-corrected chi connectivity index (χ0v) is 13.0. The summed E-state index contributed by atoms with van der Waals surface area (Å²) in [6, 6.07) is 5.31. The lowest BCUT2D eigenvalue weighted by molar-refractivity contribution is -0.120. The summed E-state index contributed by atoms with van der Waals surface area (Å²) in [4.78, 5) is 23.4. The number of anilines is 2. The minimum atomic E-state index is -1.000. The van der Waals surface area contributed by atoms with Gasteiger partial charge in [-0.2, -0.15) is 0 Å². The molecule has 1 unspecified atom stereocenters. The van der Waals surface area contributed by atoms with Crippen molar-refractivity contribution in [3.8, 4) is 0 Å². The van der Waals surface area contributed by atoms with E-state index < -0.39 is 9.75 Å². The van der Waals surface area contributed by atoms with E-state index in [1.807, 2.05) is 6.92 Å². The third kappa shape index (κ3) is 2.63. The molecular formula is C14H16Cl2N2O2. The molecule has 20 heavy (non-hydrogen) atoms. The van der Waals surface area contributed by atoms with Crippen molar-refractivity contribution in [2.75, 3.05) is 10.6 Å². The van der Waals surface area contributed by atoms with Crippen LogP contribution in [0.3, 0.4) is 0 Å². The molecule has 0 bridgehead atoms. The second-order valence-corrected chi connectivity index (χ2v) is 6.81.